The quantitative estimate of drug-likeness (QED) is 0.0167. The first kappa shape index (κ1) is 87.7. The zero-order chi connectivity index (χ0) is 66.2. The van der Waals surface area contributed by atoms with Crippen LogP contribution in [0.2, 0.25) is 0 Å². The smallest absolute Gasteiger partial charge is 0.422 e. The van der Waals surface area contributed by atoms with E-state index in [9.17, 15) is 44.7 Å². The lowest BCUT2D eigenvalue weighted by molar-refractivity contribution is -0.511. The van der Waals surface area contributed by atoms with Crippen LogP contribution in [0.1, 0.15) is 439 Å². The molecule has 0 rings (SSSR count). The van der Waals surface area contributed by atoms with Crippen LogP contribution in [-0.4, -0.2) is 79.7 Å². The van der Waals surface area contributed by atoms with E-state index in [4.69, 9.17) is 18.9 Å². The summed E-state index contributed by atoms with van der Waals surface area (Å²) < 4.78 is 21.9. The second-order valence-corrected chi connectivity index (χ2v) is 27.3. The molecule has 534 valence electrons. The molecule has 0 spiro atoms. The number of rotatable bonds is 72. The minimum absolute atomic E-state index is 0.267. The highest BCUT2D eigenvalue weighted by molar-refractivity contribution is 5.74. The van der Waals surface area contributed by atoms with E-state index >= 15 is 0 Å². The molecule has 0 heterocycles. The number of hydrogen-bond acceptors (Lipinski definition) is 13. The average Bonchev–Trinajstić information content (AvgIpc) is 0.738. The Labute approximate surface area is 554 Å². The van der Waals surface area contributed by atoms with Crippen molar-refractivity contribution in [3.8, 4) is 0 Å². The zero-order valence-electron chi connectivity index (χ0n) is 59.5. The molecule has 0 fully saturated rings. The number of aliphatic hydroxyl groups excluding tert-OH is 2. The Morgan fingerprint density at radius 3 is 0.589 bits per heavy atom. The Morgan fingerprint density at radius 1 is 0.256 bits per heavy atom. The Morgan fingerprint density at radius 2 is 0.411 bits per heavy atom. The van der Waals surface area contributed by atoms with Gasteiger partial charge in [0.05, 0.1) is 6.61 Å². The van der Waals surface area contributed by atoms with Gasteiger partial charge >= 0.3 is 41.4 Å². The molecule has 0 aromatic heterocycles. The zero-order valence-corrected chi connectivity index (χ0v) is 59.5. The first-order valence-corrected chi connectivity index (χ1v) is 39.1. The van der Waals surface area contributed by atoms with Crippen molar-refractivity contribution in [1.82, 2.24) is 0 Å². The van der Waals surface area contributed by atoms with Crippen molar-refractivity contribution in [1.29, 1.82) is 0 Å². The monoisotopic (exact) mass is 1280 g/mol. The van der Waals surface area contributed by atoms with E-state index in [0.29, 0.717) is 44.9 Å². The number of aliphatic hydroxyl groups is 5. The van der Waals surface area contributed by atoms with E-state index in [1.165, 1.54) is 231 Å². The number of unbranched alkanes of at least 4 members (excludes halogenated alkanes) is 56. The summed E-state index contributed by atoms with van der Waals surface area (Å²) in [6.07, 6.45) is 61.7. The van der Waals surface area contributed by atoms with Gasteiger partial charge in [0.25, 0.3) is 0 Å². The molecule has 0 aliphatic rings. The van der Waals surface area contributed by atoms with Crippen molar-refractivity contribution < 1.29 is 63.7 Å². The average molecular weight is 1280 g/mol. The number of hydrogen-bond donors (Lipinski definition) is 5. The van der Waals surface area contributed by atoms with E-state index in [-0.39, 0.29) is 32.1 Å². The Kier molecular flexibility index (Phi) is 62.4. The molecule has 0 aliphatic heterocycles. The number of carbonyl (C=O) groups excluding carboxylic acids is 4. The van der Waals surface area contributed by atoms with E-state index < -0.39 is 54.1 Å². The highest BCUT2D eigenvalue weighted by Crippen LogP contribution is 2.42. The number of ether oxygens (including phenoxy) is 4. The Balaban J connectivity index is 6.19. The van der Waals surface area contributed by atoms with Crippen LogP contribution < -0.4 is 0 Å². The molecule has 0 amide bonds. The minimum atomic E-state index is -4.19. The van der Waals surface area contributed by atoms with E-state index in [1.807, 2.05) is 0 Å². The van der Waals surface area contributed by atoms with Gasteiger partial charge in [-0.25, -0.2) is 0 Å². The van der Waals surface area contributed by atoms with Crippen LogP contribution in [0.5, 0.6) is 0 Å². The van der Waals surface area contributed by atoms with Crippen molar-refractivity contribution in [3.63, 3.8) is 0 Å². The topological polar surface area (TPSA) is 206 Å². The highest BCUT2D eigenvalue weighted by atomic mass is 16.9. The van der Waals surface area contributed by atoms with Gasteiger partial charge in [-0.2, -0.15) is 0 Å². The first-order valence-electron chi connectivity index (χ1n) is 39.1. The summed E-state index contributed by atoms with van der Waals surface area (Å²) >= 11 is 0. The maximum absolute atomic E-state index is 14.0. The normalized spacial score (nSPS) is 13.5. The van der Waals surface area contributed by atoms with Crippen LogP contribution in [-0.2, 0) is 38.1 Å². The summed E-state index contributed by atoms with van der Waals surface area (Å²) in [6.45, 7) is 7.56. The summed E-state index contributed by atoms with van der Waals surface area (Å²) in [5.41, 5.74) is 0. The van der Waals surface area contributed by atoms with Gasteiger partial charge in [0, 0.05) is 25.7 Å². The number of carbonyl (C=O) groups is 4. The van der Waals surface area contributed by atoms with E-state index in [2.05, 4.69) is 27.7 Å². The van der Waals surface area contributed by atoms with Gasteiger partial charge in [0.15, 0.2) is 0 Å². The second kappa shape index (κ2) is 64.0. The number of esters is 4. The largest absolute Gasteiger partial charge is 0.451 e. The molecule has 5 N–H and O–H groups in total. The van der Waals surface area contributed by atoms with Crippen molar-refractivity contribution in [2.75, 3.05) is 6.61 Å². The van der Waals surface area contributed by atoms with Crippen molar-refractivity contribution in [2.24, 2.45) is 0 Å². The molecule has 90 heavy (non-hydrogen) atoms. The molecular formula is C77H148O13. The summed E-state index contributed by atoms with van der Waals surface area (Å²) in [7, 11) is 0. The van der Waals surface area contributed by atoms with Crippen LogP contribution in [0.4, 0.5) is 0 Å². The van der Waals surface area contributed by atoms with Gasteiger partial charge in [0.1, 0.15) is 6.10 Å². The third kappa shape index (κ3) is 49.3. The lowest BCUT2D eigenvalue weighted by Crippen LogP contribution is -2.77. The van der Waals surface area contributed by atoms with Gasteiger partial charge in [-0.15, -0.1) is 0 Å². The van der Waals surface area contributed by atoms with Crippen LogP contribution in [0.25, 0.3) is 0 Å². The minimum Gasteiger partial charge on any atom is -0.422 e. The van der Waals surface area contributed by atoms with Crippen LogP contribution in [0, 0.1) is 0 Å². The van der Waals surface area contributed by atoms with Gasteiger partial charge in [-0.1, -0.05) is 387 Å². The molecular weight excluding hydrogens is 1130 g/mol. The predicted molar refractivity (Wildman–Crippen MR) is 370 cm³/mol. The maximum atomic E-state index is 14.0. The molecule has 0 aromatic carbocycles. The van der Waals surface area contributed by atoms with Gasteiger partial charge < -0.3 is 44.5 Å². The maximum Gasteiger partial charge on any atom is 0.451 e. The van der Waals surface area contributed by atoms with Crippen molar-refractivity contribution in [3.05, 3.63) is 0 Å². The molecule has 3 atom stereocenters. The third-order valence-corrected chi connectivity index (χ3v) is 18.5. The molecule has 0 saturated carbocycles. The van der Waals surface area contributed by atoms with Crippen LogP contribution >= 0.6 is 0 Å². The second-order valence-electron chi connectivity index (χ2n) is 27.3. The molecule has 0 unspecified atom stereocenters. The van der Waals surface area contributed by atoms with Crippen LogP contribution in [0.3, 0.4) is 0 Å². The summed E-state index contributed by atoms with van der Waals surface area (Å²) in [6, 6.07) is 0. The molecule has 0 saturated heterocycles. The molecule has 0 aliphatic carbocycles. The molecule has 13 nitrogen and oxygen atoms in total. The van der Waals surface area contributed by atoms with E-state index in [1.54, 1.807) is 0 Å². The predicted octanol–water partition coefficient (Wildman–Crippen LogP) is 21.6. The fraction of sp³-hybridized carbons (Fsp3) is 0.948. The summed E-state index contributed by atoms with van der Waals surface area (Å²) in [4.78, 5) is 55.5. The highest BCUT2D eigenvalue weighted by Gasteiger charge is 2.77. The Hall–Kier alpha value is -2.32. The fourth-order valence-corrected chi connectivity index (χ4v) is 12.4. The molecule has 0 aromatic rings. The SMILES string of the molecule is CCCCCCCCCCCCCCCCCC(=O)OC(O)(OC(=O)CCCCCCCCCCCCCCCCC)[C@@](O)(OC(=O)CCCCCCCCCCCCCCCCC)[C@](O)(OC(=O)CCCCCCCCCCCCCCCCC)[C@H](O)CO. The standard InChI is InChI=1S/C77H148O13/c1-5-9-13-17-21-25-29-33-37-41-45-49-53-57-61-65-71(80)87-75(84,70(79)69-78)76(85,88-72(81)66-62-58-54-50-46-42-38-34-30-26-22-18-14-10-6-2)77(86,89-73(82)67-63-59-55-51-47-43-39-35-31-27-23-19-15-11-7-3)90-74(83)68-64-60-56-52-48-44-40-36-32-28-24-20-16-12-8-4/h70,78-79,84-86H,5-69H2,1-4H3/t70-,75-,76+/m1/s1. The summed E-state index contributed by atoms with van der Waals surface area (Å²) in [5, 5.41) is 59.6. The van der Waals surface area contributed by atoms with Crippen molar-refractivity contribution in [2.45, 2.75) is 462 Å². The van der Waals surface area contributed by atoms with Gasteiger partial charge in [0.2, 0.25) is 0 Å². The van der Waals surface area contributed by atoms with E-state index in [0.717, 1.165) is 103 Å². The molecule has 13 heteroatoms. The van der Waals surface area contributed by atoms with Crippen LogP contribution in [0.15, 0.2) is 0 Å². The summed E-state index contributed by atoms with van der Waals surface area (Å²) in [5.74, 6) is -16.9. The lowest BCUT2D eigenvalue weighted by atomic mass is 9.96. The van der Waals surface area contributed by atoms with Gasteiger partial charge in [-0.3, -0.25) is 19.2 Å². The molecule has 0 bridgehead atoms. The fourth-order valence-electron chi connectivity index (χ4n) is 12.4. The first-order chi connectivity index (χ1) is 43.8. The third-order valence-electron chi connectivity index (χ3n) is 18.5. The van der Waals surface area contributed by atoms with Gasteiger partial charge in [-0.05, 0) is 25.7 Å². The lowest BCUT2D eigenvalue weighted by Gasteiger charge is -2.47. The Bertz CT molecular complexity index is 1550. The van der Waals surface area contributed by atoms with Crippen molar-refractivity contribution >= 4 is 23.9 Å². The molecule has 0 radical (unpaired) electrons.